The zero-order valence-corrected chi connectivity index (χ0v) is 13.4. The number of halogens is 2. The Hall–Kier alpha value is -0.100. The highest BCUT2D eigenvalue weighted by molar-refractivity contribution is 9.11. The molecule has 0 aliphatic heterocycles. The predicted molar refractivity (Wildman–Crippen MR) is 78.9 cm³/mol. The Labute approximate surface area is 124 Å². The van der Waals surface area contributed by atoms with E-state index in [0.29, 0.717) is 0 Å². The van der Waals surface area contributed by atoms with Crippen LogP contribution < -0.4 is 10.5 Å². The Morgan fingerprint density at radius 2 is 2.17 bits per heavy atom. The monoisotopic (exact) mass is 377 g/mol. The van der Waals surface area contributed by atoms with Gasteiger partial charge in [0.1, 0.15) is 18.0 Å². The molecule has 1 saturated carbocycles. The second-order valence-corrected chi connectivity index (χ2v) is 6.24. The first kappa shape index (κ1) is 14.3. The van der Waals surface area contributed by atoms with Gasteiger partial charge < -0.3 is 15.2 Å². The number of hydrogen-bond donors (Lipinski definition) is 1. The minimum Gasteiger partial charge on any atom is -0.486 e. The first-order valence-electron chi connectivity index (χ1n) is 6.10. The van der Waals surface area contributed by atoms with Gasteiger partial charge in [-0.15, -0.1) is 0 Å². The van der Waals surface area contributed by atoms with Crippen LogP contribution in [0.2, 0.25) is 0 Å². The Bertz CT molecular complexity index is 414. The van der Waals surface area contributed by atoms with Crippen molar-refractivity contribution in [2.24, 2.45) is 5.73 Å². The van der Waals surface area contributed by atoms with E-state index in [1.807, 2.05) is 18.2 Å². The molecule has 1 aromatic rings. The van der Waals surface area contributed by atoms with Crippen molar-refractivity contribution in [2.45, 2.75) is 38.0 Å². The molecule has 18 heavy (non-hydrogen) atoms. The van der Waals surface area contributed by atoms with Crippen LogP contribution in [0, 0.1) is 0 Å². The van der Waals surface area contributed by atoms with Crippen LogP contribution in [0.25, 0.3) is 0 Å². The fourth-order valence-electron chi connectivity index (χ4n) is 1.95. The summed E-state index contributed by atoms with van der Waals surface area (Å²) in [5.41, 5.74) is 5.95. The fraction of sp³-hybridized carbons (Fsp3) is 0.538. The molecule has 3 nitrogen and oxygen atoms in total. The molecule has 1 fully saturated rings. The van der Waals surface area contributed by atoms with E-state index in [2.05, 4.69) is 38.8 Å². The summed E-state index contributed by atoms with van der Waals surface area (Å²) in [4.78, 5) is 0. The Balaban J connectivity index is 1.96. The highest BCUT2D eigenvalue weighted by atomic mass is 79.9. The van der Waals surface area contributed by atoms with E-state index in [0.717, 1.165) is 34.1 Å². The normalized spacial score (nSPS) is 26.8. The zero-order chi connectivity index (χ0) is 13.1. The summed E-state index contributed by atoms with van der Waals surface area (Å²) in [6, 6.07) is 5.96. The Kier molecular flexibility index (Phi) is 5.06. The first-order chi connectivity index (χ1) is 8.61. The van der Waals surface area contributed by atoms with E-state index in [1.165, 1.54) is 0 Å². The quantitative estimate of drug-likeness (QED) is 0.852. The van der Waals surface area contributed by atoms with Gasteiger partial charge in [-0.3, -0.25) is 0 Å². The van der Waals surface area contributed by atoms with Crippen molar-refractivity contribution in [1.29, 1.82) is 0 Å². The van der Waals surface area contributed by atoms with E-state index in [1.54, 1.807) is 0 Å². The third kappa shape index (κ3) is 3.26. The van der Waals surface area contributed by atoms with Crippen molar-refractivity contribution in [2.75, 3.05) is 6.61 Å². The van der Waals surface area contributed by atoms with Gasteiger partial charge in [-0.25, -0.2) is 0 Å². The molecule has 1 aliphatic carbocycles. The van der Waals surface area contributed by atoms with Gasteiger partial charge in [-0.05, 0) is 40.5 Å². The number of ether oxygens (including phenoxy) is 2. The smallest absolute Gasteiger partial charge is 0.134 e. The molecule has 0 saturated heterocycles. The summed E-state index contributed by atoms with van der Waals surface area (Å²) < 4.78 is 13.6. The van der Waals surface area contributed by atoms with Crippen LogP contribution in [0.1, 0.15) is 19.8 Å². The predicted octanol–water partition coefficient (Wildman–Crippen LogP) is 3.49. The minimum absolute atomic E-state index is 0.0143. The lowest BCUT2D eigenvalue weighted by Gasteiger charge is -2.41. The largest absolute Gasteiger partial charge is 0.486 e. The molecule has 3 atom stereocenters. The average Bonchev–Trinajstić information content (AvgIpc) is 2.32. The van der Waals surface area contributed by atoms with E-state index in [9.17, 15) is 0 Å². The number of rotatable bonds is 5. The number of nitrogens with two attached hydrogens (primary N) is 1. The first-order valence-corrected chi connectivity index (χ1v) is 7.69. The van der Waals surface area contributed by atoms with Gasteiger partial charge in [0.2, 0.25) is 0 Å². The van der Waals surface area contributed by atoms with Crippen molar-refractivity contribution >= 4 is 31.9 Å². The summed E-state index contributed by atoms with van der Waals surface area (Å²) in [5.74, 6) is 0.834. The van der Waals surface area contributed by atoms with Gasteiger partial charge >= 0.3 is 0 Å². The second-order valence-electron chi connectivity index (χ2n) is 4.47. The molecular formula is C13H17Br2NO2. The van der Waals surface area contributed by atoms with Crippen LogP contribution in [0.15, 0.2) is 27.1 Å². The lowest BCUT2D eigenvalue weighted by Crippen LogP contribution is -2.59. The molecule has 3 unspecified atom stereocenters. The summed E-state index contributed by atoms with van der Waals surface area (Å²) >= 11 is 6.91. The molecule has 0 aromatic heterocycles. The minimum atomic E-state index is 0.0143. The van der Waals surface area contributed by atoms with Crippen LogP contribution in [0.3, 0.4) is 0 Å². The molecule has 0 heterocycles. The maximum Gasteiger partial charge on any atom is 0.134 e. The van der Waals surface area contributed by atoms with Crippen LogP contribution >= 0.6 is 31.9 Å². The topological polar surface area (TPSA) is 44.5 Å². The van der Waals surface area contributed by atoms with Gasteiger partial charge in [-0.2, -0.15) is 0 Å². The molecule has 100 valence electrons. The highest BCUT2D eigenvalue weighted by Crippen LogP contribution is 2.33. The van der Waals surface area contributed by atoms with E-state index in [-0.39, 0.29) is 18.2 Å². The average molecular weight is 379 g/mol. The van der Waals surface area contributed by atoms with Crippen molar-refractivity contribution in [3.63, 3.8) is 0 Å². The summed E-state index contributed by atoms with van der Waals surface area (Å²) in [6.45, 7) is 2.82. The van der Waals surface area contributed by atoms with Gasteiger partial charge in [0.05, 0.1) is 4.47 Å². The van der Waals surface area contributed by atoms with Crippen molar-refractivity contribution < 1.29 is 9.47 Å². The maximum atomic E-state index is 5.95. The van der Waals surface area contributed by atoms with E-state index in [4.69, 9.17) is 15.2 Å². The third-order valence-corrected chi connectivity index (χ3v) is 4.09. The Morgan fingerprint density at radius 3 is 2.78 bits per heavy atom. The maximum absolute atomic E-state index is 5.95. The van der Waals surface area contributed by atoms with Gasteiger partial charge in [0.15, 0.2) is 0 Å². The summed E-state index contributed by atoms with van der Waals surface area (Å²) in [7, 11) is 0. The van der Waals surface area contributed by atoms with Gasteiger partial charge in [-0.1, -0.05) is 22.9 Å². The lowest BCUT2D eigenvalue weighted by molar-refractivity contribution is -0.0982. The van der Waals surface area contributed by atoms with Crippen molar-refractivity contribution in [3.05, 3.63) is 27.1 Å². The molecule has 2 N–H and O–H groups in total. The second kappa shape index (κ2) is 6.37. The molecule has 2 rings (SSSR count). The van der Waals surface area contributed by atoms with Crippen molar-refractivity contribution in [3.8, 4) is 5.75 Å². The molecule has 1 aromatic carbocycles. The molecule has 0 radical (unpaired) electrons. The molecule has 1 aliphatic rings. The lowest BCUT2D eigenvalue weighted by atomic mass is 9.86. The van der Waals surface area contributed by atoms with Gasteiger partial charge in [0.25, 0.3) is 0 Å². The van der Waals surface area contributed by atoms with Gasteiger partial charge in [0, 0.05) is 23.5 Å². The number of benzene rings is 1. The third-order valence-electron chi connectivity index (χ3n) is 2.98. The van der Waals surface area contributed by atoms with Crippen molar-refractivity contribution in [1.82, 2.24) is 0 Å². The van der Waals surface area contributed by atoms with E-state index >= 15 is 0 Å². The molecule has 0 spiro atoms. The number of hydrogen-bond acceptors (Lipinski definition) is 3. The molecule has 0 bridgehead atoms. The van der Waals surface area contributed by atoms with Crippen LogP contribution in [-0.4, -0.2) is 24.9 Å². The van der Waals surface area contributed by atoms with E-state index < -0.39 is 0 Å². The molecule has 0 amide bonds. The molecule has 5 heteroatoms. The fourth-order valence-corrected chi connectivity index (χ4v) is 3.09. The standard InChI is InChI=1S/C13H17Br2NO2/c1-2-5-17-13-10(16)7-12(13)18-11-4-3-8(14)6-9(11)15/h3-4,6,10,12-13H,2,5,7,16H2,1H3. The van der Waals surface area contributed by atoms with Crippen LogP contribution in [0.4, 0.5) is 0 Å². The van der Waals surface area contributed by atoms with Crippen LogP contribution in [-0.2, 0) is 4.74 Å². The highest BCUT2D eigenvalue weighted by Gasteiger charge is 2.41. The summed E-state index contributed by atoms with van der Waals surface area (Å²) in [5, 5.41) is 0. The SMILES string of the molecule is CCCOC1C(N)CC1Oc1ccc(Br)cc1Br. The zero-order valence-electron chi connectivity index (χ0n) is 10.2. The molecular weight excluding hydrogens is 362 g/mol. The Morgan fingerprint density at radius 1 is 1.39 bits per heavy atom. The summed E-state index contributed by atoms with van der Waals surface area (Å²) in [6.07, 6.45) is 1.92. The van der Waals surface area contributed by atoms with Crippen LogP contribution in [0.5, 0.6) is 5.75 Å².